The van der Waals surface area contributed by atoms with Gasteiger partial charge < -0.3 is 41.6 Å². The first-order chi connectivity index (χ1) is 20.1. The monoisotopic (exact) mass is 615 g/mol. The largest absolute Gasteiger partial charge is 0.586 e. The van der Waals surface area contributed by atoms with Crippen molar-refractivity contribution in [2.45, 2.75) is 63.1 Å². The second-order valence-electron chi connectivity index (χ2n) is 12.0. The summed E-state index contributed by atoms with van der Waals surface area (Å²) in [5.74, 6) is -1.58. The molecule has 2 aromatic carbocycles. The summed E-state index contributed by atoms with van der Waals surface area (Å²) in [5.41, 5.74) is 18.3. The number of benzene rings is 2. The molecule has 0 bridgehead atoms. The number of likely N-dealkylation sites (tertiary alicyclic amines) is 1. The number of nitrogens with one attached hydrogen (secondary N) is 1. The summed E-state index contributed by atoms with van der Waals surface area (Å²) < 4.78 is 42.5. The fourth-order valence-corrected chi connectivity index (χ4v) is 7.08. The normalized spacial score (nSPS) is 24.3. The number of piperidine rings is 1. The zero-order chi connectivity index (χ0) is 31.1. The van der Waals surface area contributed by atoms with Crippen LogP contribution in [0.25, 0.3) is 10.1 Å². The van der Waals surface area contributed by atoms with Crippen LogP contribution in [0.1, 0.15) is 66.0 Å². The van der Waals surface area contributed by atoms with Crippen LogP contribution in [0.4, 0.5) is 19.3 Å². The lowest BCUT2D eigenvalue weighted by Gasteiger charge is -2.37. The van der Waals surface area contributed by atoms with Crippen molar-refractivity contribution in [1.29, 1.82) is 0 Å². The lowest BCUT2D eigenvalue weighted by Crippen LogP contribution is -2.53. The third-order valence-corrected chi connectivity index (χ3v) is 9.04. The SMILES string of the molecule is CC(C)(C)OC(=O)N1CCC[C@@H](NC(=O)c2sc3c(N)ccc4c3c2[C@@H](N)C(=O)[C@@]4(N)c2ccc3c(c2)OC(F)(F)O3)C1. The van der Waals surface area contributed by atoms with Gasteiger partial charge in [-0.15, -0.1) is 20.1 Å². The topological polar surface area (TPSA) is 172 Å². The molecule has 228 valence electrons. The zero-order valence-electron chi connectivity index (χ0n) is 23.7. The first kappa shape index (κ1) is 29.1. The van der Waals surface area contributed by atoms with E-state index in [0.29, 0.717) is 40.7 Å². The van der Waals surface area contributed by atoms with Gasteiger partial charge in [-0.25, -0.2) is 4.79 Å². The van der Waals surface area contributed by atoms with Crippen molar-refractivity contribution in [3.05, 3.63) is 51.9 Å². The Morgan fingerprint density at radius 3 is 2.60 bits per heavy atom. The molecule has 3 atom stereocenters. The molecule has 1 aromatic heterocycles. The third kappa shape index (κ3) is 4.82. The van der Waals surface area contributed by atoms with E-state index in [9.17, 15) is 23.2 Å². The molecule has 0 spiro atoms. The molecule has 1 saturated heterocycles. The number of hydrogen-bond acceptors (Lipinski definition) is 10. The van der Waals surface area contributed by atoms with Gasteiger partial charge in [0, 0.05) is 35.8 Å². The number of amides is 2. The number of nitrogens with two attached hydrogens (primary N) is 3. The number of carbonyl (C=O) groups is 3. The number of fused-ring (bicyclic) bond motifs is 1. The number of rotatable bonds is 3. The summed E-state index contributed by atoms with van der Waals surface area (Å²) >= 11 is 1.09. The number of nitrogen functional groups attached to an aromatic ring is 1. The van der Waals surface area contributed by atoms with Gasteiger partial charge in [-0.2, -0.15) is 0 Å². The molecule has 1 fully saturated rings. The maximum Gasteiger partial charge on any atom is 0.586 e. The first-order valence-corrected chi connectivity index (χ1v) is 14.5. The van der Waals surface area contributed by atoms with Crippen LogP contribution < -0.4 is 32.0 Å². The van der Waals surface area contributed by atoms with Crippen LogP contribution in [-0.2, 0) is 15.1 Å². The maximum absolute atomic E-state index is 14.0. The molecule has 0 radical (unpaired) electrons. The Morgan fingerprint density at radius 1 is 1.16 bits per heavy atom. The highest BCUT2D eigenvalue weighted by atomic mass is 32.1. The van der Waals surface area contributed by atoms with Crippen molar-refractivity contribution in [3.63, 3.8) is 0 Å². The molecule has 3 heterocycles. The van der Waals surface area contributed by atoms with Gasteiger partial charge in [-0.05, 0) is 62.9 Å². The molecule has 2 aliphatic heterocycles. The summed E-state index contributed by atoms with van der Waals surface area (Å²) in [6, 6.07) is 5.35. The highest BCUT2D eigenvalue weighted by molar-refractivity contribution is 7.21. The fourth-order valence-electron chi connectivity index (χ4n) is 5.88. The first-order valence-electron chi connectivity index (χ1n) is 13.7. The van der Waals surface area contributed by atoms with E-state index in [2.05, 4.69) is 14.8 Å². The van der Waals surface area contributed by atoms with Gasteiger partial charge in [0.1, 0.15) is 11.1 Å². The number of alkyl halides is 2. The van der Waals surface area contributed by atoms with Crippen LogP contribution in [0.2, 0.25) is 0 Å². The van der Waals surface area contributed by atoms with Gasteiger partial charge in [0.2, 0.25) is 0 Å². The zero-order valence-corrected chi connectivity index (χ0v) is 24.5. The molecule has 6 rings (SSSR count). The number of Topliss-reactive ketones (excluding diaryl/α,β-unsaturated/α-hetero) is 1. The minimum absolute atomic E-state index is 0.159. The molecule has 1 aliphatic carbocycles. The van der Waals surface area contributed by atoms with Crippen molar-refractivity contribution >= 4 is 44.9 Å². The summed E-state index contributed by atoms with van der Waals surface area (Å²) in [6.45, 7) is 6.12. The Labute approximate surface area is 249 Å². The molecule has 3 aliphatic rings. The predicted molar refractivity (Wildman–Crippen MR) is 154 cm³/mol. The van der Waals surface area contributed by atoms with Crippen LogP contribution in [0.3, 0.4) is 0 Å². The van der Waals surface area contributed by atoms with Crippen molar-refractivity contribution in [1.82, 2.24) is 10.2 Å². The van der Waals surface area contributed by atoms with Crippen LogP contribution in [0, 0.1) is 0 Å². The average Bonchev–Trinajstić information content (AvgIpc) is 3.47. The molecular weight excluding hydrogens is 584 g/mol. The average molecular weight is 616 g/mol. The van der Waals surface area contributed by atoms with Crippen LogP contribution >= 0.6 is 11.3 Å². The van der Waals surface area contributed by atoms with Gasteiger partial charge >= 0.3 is 12.4 Å². The van der Waals surface area contributed by atoms with Crippen LogP contribution in [-0.4, -0.2) is 53.7 Å². The number of ketones is 1. The standard InChI is InChI=1S/C29H31F2N5O6S/c1-27(2,3)42-26(39)36-10-4-5-14(12-36)35-25(38)23-20-19-15(7-8-16(32)22(19)43-23)28(34,24(37)21(20)33)13-6-9-17-18(11-13)41-29(30,31)40-17/h6-9,11,14,21H,4-5,10,12,32-34H2,1-3H3,(H,35,38)/t14-,21-,28-/m1/s1. The van der Waals surface area contributed by atoms with E-state index in [4.69, 9.17) is 21.9 Å². The van der Waals surface area contributed by atoms with E-state index in [1.54, 1.807) is 37.8 Å². The smallest absolute Gasteiger partial charge is 0.444 e. The van der Waals surface area contributed by atoms with Gasteiger partial charge in [0.25, 0.3) is 5.91 Å². The van der Waals surface area contributed by atoms with E-state index in [0.717, 1.165) is 11.3 Å². The summed E-state index contributed by atoms with van der Waals surface area (Å²) in [6.07, 6.45) is -3.01. The van der Waals surface area contributed by atoms with Gasteiger partial charge in [0.15, 0.2) is 17.3 Å². The summed E-state index contributed by atoms with van der Waals surface area (Å²) in [4.78, 5) is 42.1. The molecule has 0 unspecified atom stereocenters. The minimum Gasteiger partial charge on any atom is -0.444 e. The van der Waals surface area contributed by atoms with E-state index in [1.807, 2.05) is 0 Å². The molecule has 14 heteroatoms. The van der Waals surface area contributed by atoms with E-state index in [1.165, 1.54) is 18.2 Å². The van der Waals surface area contributed by atoms with Crippen LogP contribution in [0.15, 0.2) is 30.3 Å². The highest BCUT2D eigenvalue weighted by Gasteiger charge is 2.50. The van der Waals surface area contributed by atoms with Gasteiger partial charge in [-0.1, -0.05) is 12.1 Å². The Morgan fingerprint density at radius 2 is 1.88 bits per heavy atom. The quantitative estimate of drug-likeness (QED) is 0.321. The number of nitrogens with zero attached hydrogens (tertiary/aromatic N) is 1. The molecule has 7 N–H and O–H groups in total. The molecule has 11 nitrogen and oxygen atoms in total. The summed E-state index contributed by atoms with van der Waals surface area (Å²) in [5, 5.41) is 3.45. The fraction of sp³-hybridized carbons (Fsp3) is 0.414. The van der Waals surface area contributed by atoms with Gasteiger partial charge in [-0.3, -0.25) is 9.59 Å². The van der Waals surface area contributed by atoms with E-state index >= 15 is 0 Å². The maximum atomic E-state index is 14.0. The lowest BCUT2D eigenvalue weighted by atomic mass is 9.70. The lowest BCUT2D eigenvalue weighted by molar-refractivity contribution is -0.286. The van der Waals surface area contributed by atoms with E-state index in [-0.39, 0.29) is 40.1 Å². The minimum atomic E-state index is -3.85. The Bertz CT molecular complexity index is 1690. The Hall–Kier alpha value is -4.01. The number of anilines is 1. The number of carbonyl (C=O) groups excluding carboxylic acids is 3. The number of ether oxygens (including phenoxy) is 3. The molecule has 0 saturated carbocycles. The van der Waals surface area contributed by atoms with Crippen molar-refractivity contribution < 1.29 is 37.4 Å². The second kappa shape index (κ2) is 9.76. The number of hydrogen-bond donors (Lipinski definition) is 4. The second-order valence-corrected chi connectivity index (χ2v) is 13.0. The number of thiophene rings is 1. The van der Waals surface area contributed by atoms with Crippen molar-refractivity contribution in [2.75, 3.05) is 18.8 Å². The third-order valence-electron chi connectivity index (χ3n) is 7.78. The van der Waals surface area contributed by atoms with Crippen molar-refractivity contribution in [3.8, 4) is 11.5 Å². The molecule has 43 heavy (non-hydrogen) atoms. The van der Waals surface area contributed by atoms with Crippen LogP contribution in [0.5, 0.6) is 11.5 Å². The predicted octanol–water partition coefficient (Wildman–Crippen LogP) is 3.72. The highest BCUT2D eigenvalue weighted by Crippen LogP contribution is 2.51. The Balaban J connectivity index is 1.36. The van der Waals surface area contributed by atoms with E-state index < -0.39 is 41.3 Å². The Kier molecular flexibility index (Phi) is 6.60. The number of halogens is 2. The van der Waals surface area contributed by atoms with Crippen molar-refractivity contribution in [2.24, 2.45) is 11.5 Å². The molecular formula is C29H31F2N5O6S. The molecule has 2 amide bonds. The molecule has 3 aromatic rings. The summed E-state index contributed by atoms with van der Waals surface area (Å²) in [7, 11) is 0. The van der Waals surface area contributed by atoms with Gasteiger partial charge in [0.05, 0.1) is 15.6 Å².